The van der Waals surface area contributed by atoms with Crippen LogP contribution < -0.4 is 33.2 Å². The maximum atomic E-state index is 5.70. The Balaban J connectivity index is 0.000000153. The second-order valence-corrected chi connectivity index (χ2v) is 18.0. The highest BCUT2D eigenvalue weighted by Crippen LogP contribution is 2.38. The highest BCUT2D eigenvalue weighted by atomic mass is 35.5. The van der Waals surface area contributed by atoms with Gasteiger partial charge in [-0.1, -0.05) is 38.4 Å². The minimum Gasteiger partial charge on any atom is -0.368 e. The van der Waals surface area contributed by atoms with Crippen LogP contribution in [0.5, 0.6) is 0 Å². The Bertz CT molecular complexity index is 2300. The zero-order valence-corrected chi connectivity index (χ0v) is 37.2. The van der Waals surface area contributed by atoms with Gasteiger partial charge < -0.3 is 37.7 Å². The zero-order valence-electron chi connectivity index (χ0n) is 36.5. The van der Waals surface area contributed by atoms with Crippen molar-refractivity contribution in [2.75, 3.05) is 28.6 Å². The molecule has 1 aliphatic heterocycles. The summed E-state index contributed by atoms with van der Waals surface area (Å²) in [7, 11) is 0. The van der Waals surface area contributed by atoms with Gasteiger partial charge in [-0.25, -0.2) is 24.9 Å². The Morgan fingerprint density at radius 3 is 2.02 bits per heavy atom. The Labute approximate surface area is 370 Å². The van der Waals surface area contributed by atoms with Gasteiger partial charge in [0.2, 0.25) is 17.8 Å². The predicted molar refractivity (Wildman–Crippen MR) is 251 cm³/mol. The number of nitrogens with one attached hydrogen (secondary N) is 3. The molecule has 0 unspecified atom stereocenters. The number of nitrogens with two attached hydrogens (primary N) is 3. The second kappa shape index (κ2) is 21.7. The molecule has 330 valence electrons. The van der Waals surface area contributed by atoms with Crippen molar-refractivity contribution in [3.8, 4) is 0 Å². The highest BCUT2D eigenvalue weighted by molar-refractivity contribution is 6.29. The van der Waals surface area contributed by atoms with Crippen LogP contribution in [0.3, 0.4) is 0 Å². The molecule has 0 spiro atoms. The quantitative estimate of drug-likeness (QED) is 0.0892. The number of nitrogens with zero attached hydrogens (tertiary/aromatic N) is 9. The van der Waals surface area contributed by atoms with E-state index in [2.05, 4.69) is 83.3 Å². The summed E-state index contributed by atoms with van der Waals surface area (Å²) < 4.78 is 2.41. The first-order chi connectivity index (χ1) is 30.1. The van der Waals surface area contributed by atoms with Gasteiger partial charge in [0.25, 0.3) is 0 Å². The van der Waals surface area contributed by atoms with Gasteiger partial charge in [0, 0.05) is 78.9 Å². The van der Waals surface area contributed by atoms with Gasteiger partial charge in [-0.15, -0.1) is 0 Å². The summed E-state index contributed by atoms with van der Waals surface area (Å²) in [5.74, 6) is 5.41. The standard InChI is InChI=1S/C24H27N7.C11H18N4.C7H15N.C4H4ClN3/c1-15-2-5-17(6-3-15)31-21-14-26-10-8-18(21)19-13-27-24(30-23(19)31)29-22-7-4-16-12-25-11-9-20(16)28-22;1-8-2-4-9(5-3-8)14-10-6-7-13-11(12)15-10;1-6-2-4-7(8)5-3-6;5-3-1-2-7-4(6)8-3/h4,7-8,10,13-15,17,25H,2-3,5-6,9,11-12H2,1H3,(H,27,28,29,30);6-9H,2-5H2,1H3,(H3,12,13,14,15);6-7H,2-5,8H2,1H3;1-2H,(H2,6,7,8). The van der Waals surface area contributed by atoms with E-state index in [-0.39, 0.29) is 5.95 Å². The van der Waals surface area contributed by atoms with Crippen LogP contribution >= 0.6 is 11.6 Å². The van der Waals surface area contributed by atoms with Crippen molar-refractivity contribution in [2.24, 2.45) is 23.5 Å². The van der Waals surface area contributed by atoms with Crippen LogP contribution in [0, 0.1) is 17.8 Å². The molecular weight excluding hydrogens is 798 g/mol. The zero-order chi connectivity index (χ0) is 43.4. The summed E-state index contributed by atoms with van der Waals surface area (Å²) in [6.45, 7) is 8.85. The van der Waals surface area contributed by atoms with E-state index in [1.54, 1.807) is 12.3 Å². The fraction of sp³-hybridized carbons (Fsp3) is 0.522. The van der Waals surface area contributed by atoms with Crippen molar-refractivity contribution in [1.82, 2.24) is 49.8 Å². The molecule has 62 heavy (non-hydrogen) atoms. The summed E-state index contributed by atoms with van der Waals surface area (Å²) in [6.07, 6.45) is 25.1. The molecule has 0 amide bonds. The van der Waals surface area contributed by atoms with Crippen LogP contribution in [0.25, 0.3) is 21.9 Å². The van der Waals surface area contributed by atoms with Crippen molar-refractivity contribution in [1.29, 1.82) is 0 Å². The number of rotatable bonds is 5. The summed E-state index contributed by atoms with van der Waals surface area (Å²) in [5, 5.41) is 12.8. The van der Waals surface area contributed by atoms with E-state index in [1.807, 2.05) is 30.7 Å². The van der Waals surface area contributed by atoms with Gasteiger partial charge in [-0.05, 0) is 125 Å². The lowest BCUT2D eigenvalue weighted by Crippen LogP contribution is -2.25. The number of hydrogen-bond donors (Lipinski definition) is 6. The van der Waals surface area contributed by atoms with Crippen LogP contribution in [0.1, 0.15) is 115 Å². The van der Waals surface area contributed by atoms with Gasteiger partial charge in [0.1, 0.15) is 22.4 Å². The highest BCUT2D eigenvalue weighted by Gasteiger charge is 2.25. The van der Waals surface area contributed by atoms with Crippen molar-refractivity contribution >= 4 is 63.0 Å². The van der Waals surface area contributed by atoms with E-state index >= 15 is 0 Å². The largest absolute Gasteiger partial charge is 0.368 e. The molecule has 0 saturated heterocycles. The molecule has 3 fully saturated rings. The lowest BCUT2D eigenvalue weighted by molar-refractivity contribution is 0.298. The molecule has 7 heterocycles. The minimum atomic E-state index is 0.206. The molecule has 10 rings (SSSR count). The maximum absolute atomic E-state index is 5.70. The summed E-state index contributed by atoms with van der Waals surface area (Å²) in [5.41, 5.74) is 20.9. The maximum Gasteiger partial charge on any atom is 0.230 e. The molecule has 16 heteroatoms. The molecule has 0 atom stereocenters. The van der Waals surface area contributed by atoms with E-state index < -0.39 is 0 Å². The van der Waals surface area contributed by atoms with Crippen molar-refractivity contribution < 1.29 is 0 Å². The second-order valence-electron chi connectivity index (χ2n) is 17.6. The number of halogens is 1. The van der Waals surface area contributed by atoms with E-state index in [1.165, 1.54) is 94.2 Å². The Kier molecular flexibility index (Phi) is 15.7. The van der Waals surface area contributed by atoms with E-state index in [9.17, 15) is 0 Å². The molecule has 3 saturated carbocycles. The number of aromatic nitrogens is 9. The van der Waals surface area contributed by atoms with Gasteiger partial charge >= 0.3 is 0 Å². The fourth-order valence-electron chi connectivity index (χ4n) is 8.82. The summed E-state index contributed by atoms with van der Waals surface area (Å²) in [4.78, 5) is 34.1. The van der Waals surface area contributed by atoms with Gasteiger partial charge in [0.15, 0.2) is 0 Å². The number of pyridine rings is 2. The Morgan fingerprint density at radius 1 is 0.677 bits per heavy atom. The molecule has 6 aromatic rings. The average Bonchev–Trinajstić information content (AvgIpc) is 3.60. The van der Waals surface area contributed by atoms with Crippen LogP contribution in [0.4, 0.5) is 29.5 Å². The third-order valence-electron chi connectivity index (χ3n) is 12.6. The number of anilines is 5. The van der Waals surface area contributed by atoms with Crippen molar-refractivity contribution in [3.63, 3.8) is 0 Å². The molecule has 6 aromatic heterocycles. The van der Waals surface area contributed by atoms with Crippen molar-refractivity contribution in [3.05, 3.63) is 77.7 Å². The predicted octanol–water partition coefficient (Wildman–Crippen LogP) is 8.80. The number of hydrogen-bond acceptors (Lipinski definition) is 14. The summed E-state index contributed by atoms with van der Waals surface area (Å²) >= 11 is 5.41. The molecule has 0 bridgehead atoms. The number of fused-ring (bicyclic) bond motifs is 4. The van der Waals surface area contributed by atoms with E-state index in [4.69, 9.17) is 38.8 Å². The third kappa shape index (κ3) is 12.4. The topological polar surface area (TPSA) is 222 Å². The molecule has 4 aliphatic rings. The van der Waals surface area contributed by atoms with Crippen molar-refractivity contribution in [2.45, 2.75) is 129 Å². The number of nitrogen functional groups attached to an aromatic ring is 2. The van der Waals surface area contributed by atoms with Crippen LogP contribution in [0.2, 0.25) is 5.15 Å². The van der Waals surface area contributed by atoms with E-state index in [0.29, 0.717) is 35.2 Å². The average molecular weight is 863 g/mol. The molecule has 9 N–H and O–H groups in total. The van der Waals surface area contributed by atoms with Crippen LogP contribution in [-0.4, -0.2) is 63.1 Å². The smallest absolute Gasteiger partial charge is 0.230 e. The molecule has 3 aliphatic carbocycles. The Hall–Kier alpha value is -5.25. The Morgan fingerprint density at radius 2 is 1.35 bits per heavy atom. The van der Waals surface area contributed by atoms with Gasteiger partial charge in [-0.3, -0.25) is 4.98 Å². The van der Waals surface area contributed by atoms with Gasteiger partial charge in [0.05, 0.1) is 11.7 Å². The third-order valence-corrected chi connectivity index (χ3v) is 12.8. The first-order valence-corrected chi connectivity index (χ1v) is 22.9. The lowest BCUT2D eigenvalue weighted by Gasteiger charge is -2.28. The van der Waals surface area contributed by atoms with Crippen LogP contribution in [-0.2, 0) is 13.0 Å². The normalized spacial score (nSPS) is 23.3. The molecule has 0 radical (unpaired) electrons. The first kappa shape index (κ1) is 44.8. The minimum absolute atomic E-state index is 0.206. The monoisotopic (exact) mass is 862 g/mol. The first-order valence-electron chi connectivity index (χ1n) is 22.5. The van der Waals surface area contributed by atoms with Crippen LogP contribution in [0.15, 0.2) is 61.3 Å². The molecule has 0 aromatic carbocycles. The lowest BCUT2D eigenvalue weighted by atomic mass is 9.87. The van der Waals surface area contributed by atoms with E-state index in [0.717, 1.165) is 71.1 Å². The van der Waals surface area contributed by atoms with Gasteiger partial charge in [-0.2, -0.15) is 9.97 Å². The molecular formula is C46H64ClN15. The summed E-state index contributed by atoms with van der Waals surface area (Å²) in [6, 6.07) is 11.2. The SMILES string of the molecule is CC1CCC(N)CC1.CC1CCC(Nc2ccnc(N)n2)CC1.CC1CCC(n2c3cnccc3c3cnc(Nc4ccc5c(n4)CCNC5)nc32)CC1.Nc1nccc(Cl)n1. The fourth-order valence-corrected chi connectivity index (χ4v) is 8.97. The molecule has 15 nitrogen and oxygen atoms in total.